The van der Waals surface area contributed by atoms with Crippen molar-refractivity contribution in [3.05, 3.63) is 104 Å². The molecule has 4 nitrogen and oxygen atoms in total. The molecule has 1 saturated heterocycles. The molecule has 3 atom stereocenters. The summed E-state index contributed by atoms with van der Waals surface area (Å²) in [6.45, 7) is 5.72. The van der Waals surface area contributed by atoms with Crippen LogP contribution >= 0.6 is 31.9 Å². The highest BCUT2D eigenvalue weighted by Crippen LogP contribution is 2.61. The fourth-order valence-electron chi connectivity index (χ4n) is 6.43. The average Bonchev–Trinajstić information content (AvgIpc) is 3.29. The molecule has 6 heteroatoms. The second-order valence-electron chi connectivity index (χ2n) is 11.1. The number of hydrogen-bond acceptors (Lipinski definition) is 4. The zero-order chi connectivity index (χ0) is 26.3. The Kier molecular flexibility index (Phi) is 5.52. The third kappa shape index (κ3) is 3.34. The molecular formula is C31H25Br2NO3. The topological polar surface area (TPSA) is 54.5 Å². The van der Waals surface area contributed by atoms with Gasteiger partial charge in [-0.05, 0) is 41.5 Å². The van der Waals surface area contributed by atoms with Gasteiger partial charge in [-0.3, -0.25) is 14.4 Å². The van der Waals surface area contributed by atoms with Crippen LogP contribution in [0.4, 0.5) is 5.69 Å². The third-order valence-electron chi connectivity index (χ3n) is 8.00. The Bertz CT molecular complexity index is 1480. The number of fused-ring (bicyclic) bond motifs is 5. The van der Waals surface area contributed by atoms with Crippen LogP contribution in [0.25, 0.3) is 6.08 Å². The highest BCUT2D eigenvalue weighted by molar-refractivity contribution is 9.10. The van der Waals surface area contributed by atoms with E-state index in [2.05, 4.69) is 36.8 Å². The summed E-state index contributed by atoms with van der Waals surface area (Å²) in [6, 6.07) is 19.4. The number of rotatable bonds is 2. The van der Waals surface area contributed by atoms with E-state index in [0.717, 1.165) is 25.8 Å². The van der Waals surface area contributed by atoms with E-state index in [9.17, 15) is 14.4 Å². The molecule has 6 rings (SSSR count). The largest absolute Gasteiger partial charge is 0.352 e. The molecule has 37 heavy (non-hydrogen) atoms. The highest BCUT2D eigenvalue weighted by atomic mass is 79.9. The molecule has 3 unspecified atom stereocenters. The first-order valence-electron chi connectivity index (χ1n) is 12.3. The Morgan fingerprint density at radius 2 is 1.46 bits per heavy atom. The molecule has 0 aromatic heterocycles. The lowest BCUT2D eigenvalue weighted by molar-refractivity contribution is -0.127. The molecule has 0 bridgehead atoms. The maximum absolute atomic E-state index is 14.5. The van der Waals surface area contributed by atoms with Gasteiger partial charge in [-0.25, -0.2) is 0 Å². The number of anilines is 1. The molecule has 2 aliphatic heterocycles. The van der Waals surface area contributed by atoms with Crippen LogP contribution in [0.1, 0.15) is 58.5 Å². The zero-order valence-corrected chi connectivity index (χ0v) is 23.8. The van der Waals surface area contributed by atoms with E-state index in [4.69, 9.17) is 0 Å². The van der Waals surface area contributed by atoms with Crippen LogP contribution in [0.2, 0.25) is 0 Å². The quantitative estimate of drug-likeness (QED) is 0.284. The van der Waals surface area contributed by atoms with Crippen LogP contribution < -0.4 is 4.90 Å². The molecule has 0 radical (unpaired) electrons. The van der Waals surface area contributed by atoms with Crippen molar-refractivity contribution < 1.29 is 14.4 Å². The molecule has 0 N–H and O–H groups in total. The van der Waals surface area contributed by atoms with Crippen molar-refractivity contribution in [1.29, 1.82) is 0 Å². The van der Waals surface area contributed by atoms with E-state index in [1.54, 1.807) is 24.3 Å². The summed E-state index contributed by atoms with van der Waals surface area (Å²) < 4.78 is 1.81. The lowest BCUT2D eigenvalue weighted by atomic mass is 9.63. The number of halogens is 2. The normalized spacial score (nSPS) is 23.3. The summed E-state index contributed by atoms with van der Waals surface area (Å²) in [4.78, 5) is 45.5. The number of carbonyl (C=O) groups is 3. The van der Waals surface area contributed by atoms with Crippen molar-refractivity contribution >= 4 is 61.0 Å². The van der Waals surface area contributed by atoms with Gasteiger partial charge in [0, 0.05) is 37.1 Å². The van der Waals surface area contributed by atoms with E-state index in [0.29, 0.717) is 11.1 Å². The van der Waals surface area contributed by atoms with Gasteiger partial charge in [0.05, 0.1) is 12.1 Å². The fourth-order valence-corrected chi connectivity index (χ4v) is 7.08. The van der Waals surface area contributed by atoms with Crippen LogP contribution in [0, 0.1) is 10.8 Å². The number of hydrogen-bond donors (Lipinski definition) is 0. The van der Waals surface area contributed by atoms with Crippen molar-refractivity contribution in [3.63, 3.8) is 0 Å². The van der Waals surface area contributed by atoms with E-state index in [-0.39, 0.29) is 17.3 Å². The Balaban J connectivity index is 1.70. The predicted molar refractivity (Wildman–Crippen MR) is 152 cm³/mol. The van der Waals surface area contributed by atoms with E-state index < -0.39 is 28.8 Å². The van der Waals surface area contributed by atoms with Gasteiger partial charge >= 0.3 is 0 Å². The average molecular weight is 619 g/mol. The van der Waals surface area contributed by atoms with Gasteiger partial charge < -0.3 is 4.90 Å². The minimum atomic E-state index is -1.45. The molecule has 0 saturated carbocycles. The van der Waals surface area contributed by atoms with Gasteiger partial charge in [-0.15, -0.1) is 0 Å². The van der Waals surface area contributed by atoms with Crippen molar-refractivity contribution in [2.75, 3.05) is 4.90 Å². The molecule has 0 amide bonds. The van der Waals surface area contributed by atoms with Crippen molar-refractivity contribution in [1.82, 2.24) is 0 Å². The van der Waals surface area contributed by atoms with Gasteiger partial charge in [0.2, 0.25) is 0 Å². The monoisotopic (exact) mass is 617 g/mol. The predicted octanol–water partition coefficient (Wildman–Crippen LogP) is 7.26. The first-order chi connectivity index (χ1) is 17.6. The number of carbonyl (C=O) groups excluding carboxylic acids is 3. The summed E-state index contributed by atoms with van der Waals surface area (Å²) in [5, 5.41) is 0. The molecule has 186 valence electrons. The number of ketones is 3. The van der Waals surface area contributed by atoms with Crippen LogP contribution in [0.3, 0.4) is 0 Å². The Hall–Kier alpha value is -2.83. The van der Waals surface area contributed by atoms with Crippen LogP contribution in [-0.4, -0.2) is 29.4 Å². The van der Waals surface area contributed by atoms with Gasteiger partial charge in [0.25, 0.3) is 0 Å². The van der Waals surface area contributed by atoms with Crippen molar-refractivity contribution in [3.8, 4) is 0 Å². The third-order valence-corrected chi connectivity index (χ3v) is 9.02. The SMILES string of the molecule is CC(C)(C)C(=O)C1C(c2ccc(Br)cc2)C2(C(=O)c3ccccc3C2=O)C2C=Cc3cc(Br)ccc3N12. The minimum Gasteiger partial charge on any atom is -0.352 e. The van der Waals surface area contributed by atoms with Gasteiger partial charge in [-0.2, -0.15) is 0 Å². The lowest BCUT2D eigenvalue weighted by Crippen LogP contribution is -2.49. The number of nitrogens with zero attached hydrogens (tertiary/aromatic N) is 1. The highest BCUT2D eigenvalue weighted by Gasteiger charge is 2.71. The maximum Gasteiger partial charge on any atom is 0.180 e. The van der Waals surface area contributed by atoms with Crippen LogP contribution in [0.5, 0.6) is 0 Å². The first-order valence-corrected chi connectivity index (χ1v) is 13.9. The van der Waals surface area contributed by atoms with Crippen molar-refractivity contribution in [2.24, 2.45) is 10.8 Å². The summed E-state index contributed by atoms with van der Waals surface area (Å²) in [5.74, 6) is -1.07. The van der Waals surface area contributed by atoms with E-state index in [1.807, 2.05) is 75.4 Å². The van der Waals surface area contributed by atoms with E-state index >= 15 is 0 Å². The van der Waals surface area contributed by atoms with E-state index in [1.165, 1.54) is 0 Å². The molecule has 3 aliphatic rings. The molecule has 3 aromatic rings. The Labute approximate surface area is 233 Å². The Morgan fingerprint density at radius 1 is 0.865 bits per heavy atom. The summed E-state index contributed by atoms with van der Waals surface area (Å²) >= 11 is 7.07. The number of Topliss-reactive ketones (excluding diaryl/α,β-unsaturated/α-hetero) is 3. The van der Waals surface area contributed by atoms with Gasteiger partial charge in [-0.1, -0.05) is 101 Å². The molecule has 1 aliphatic carbocycles. The van der Waals surface area contributed by atoms with Gasteiger partial charge in [0.1, 0.15) is 5.41 Å². The summed E-state index contributed by atoms with van der Waals surface area (Å²) in [5.41, 5.74) is 1.34. The lowest BCUT2D eigenvalue weighted by Gasteiger charge is -2.38. The second kappa shape index (κ2) is 8.34. The Morgan fingerprint density at radius 3 is 2.05 bits per heavy atom. The smallest absolute Gasteiger partial charge is 0.180 e. The van der Waals surface area contributed by atoms with Crippen LogP contribution in [0.15, 0.2) is 81.8 Å². The molecule has 3 aromatic carbocycles. The maximum atomic E-state index is 14.5. The molecule has 1 fully saturated rings. The second-order valence-corrected chi connectivity index (χ2v) is 12.9. The van der Waals surface area contributed by atoms with Gasteiger partial charge in [0.15, 0.2) is 17.3 Å². The fraction of sp³-hybridized carbons (Fsp3) is 0.258. The molecule has 2 heterocycles. The summed E-state index contributed by atoms with van der Waals surface area (Å²) in [7, 11) is 0. The zero-order valence-electron chi connectivity index (χ0n) is 20.7. The summed E-state index contributed by atoms with van der Waals surface area (Å²) in [6.07, 6.45) is 3.94. The standard InChI is InChI=1S/C31H25Br2NO3/c1-30(2,3)29(37)26-25(17-8-11-19(32)12-9-17)31(27(35)21-6-4-5-7-22(21)28(31)36)24-15-10-18-16-20(33)13-14-23(18)34(24)26/h4-16,24-26H,1-3H3. The number of benzene rings is 3. The minimum absolute atomic E-state index is 0.00280. The molecule has 1 spiro atoms. The van der Waals surface area contributed by atoms with Crippen LogP contribution in [-0.2, 0) is 4.79 Å². The first kappa shape index (κ1) is 24.5. The van der Waals surface area contributed by atoms with Crippen molar-refractivity contribution in [2.45, 2.75) is 38.8 Å². The molecular weight excluding hydrogens is 594 g/mol.